The van der Waals surface area contributed by atoms with Gasteiger partial charge in [-0.25, -0.2) is 19.6 Å². The van der Waals surface area contributed by atoms with Crippen molar-refractivity contribution < 1.29 is 17.9 Å². The number of nitrogens with zero attached hydrogens (tertiary/aromatic N) is 7. The molecule has 11 heteroatoms. The fourth-order valence-electron chi connectivity index (χ4n) is 4.12. The maximum atomic E-state index is 13.0. The number of methoxy groups -OCH3 is 1. The topological polar surface area (TPSA) is 73.9 Å². The van der Waals surface area contributed by atoms with E-state index in [0.717, 1.165) is 23.5 Å². The Morgan fingerprint density at radius 2 is 1.79 bits per heavy atom. The van der Waals surface area contributed by atoms with Crippen LogP contribution in [-0.2, 0) is 12.7 Å². The van der Waals surface area contributed by atoms with Crippen LogP contribution in [0.4, 0.5) is 13.2 Å². The Hall–Kier alpha value is -3.73. The highest BCUT2D eigenvalue weighted by molar-refractivity contribution is 5.55. The minimum Gasteiger partial charge on any atom is -0.479 e. The van der Waals surface area contributed by atoms with Gasteiger partial charge in [0.2, 0.25) is 5.88 Å². The number of likely N-dealkylation sites (N-methyl/N-ethyl adjacent to an activating group) is 1. The number of aryl methyl sites for hydroxylation is 1. The third kappa shape index (κ3) is 3.92. The largest absolute Gasteiger partial charge is 0.479 e. The van der Waals surface area contributed by atoms with E-state index in [1.165, 1.54) is 12.1 Å². The normalized spacial score (nSPS) is 16.5. The van der Waals surface area contributed by atoms with Gasteiger partial charge in [0.1, 0.15) is 17.2 Å². The summed E-state index contributed by atoms with van der Waals surface area (Å²) in [4.78, 5) is 15.6. The zero-order chi connectivity index (χ0) is 24.0. The zero-order valence-electron chi connectivity index (χ0n) is 18.8. The Morgan fingerprint density at radius 1 is 1.03 bits per heavy atom. The average molecular weight is 469 g/mol. The Kier molecular flexibility index (Phi) is 5.35. The lowest BCUT2D eigenvalue weighted by atomic mass is 10.0. The second kappa shape index (κ2) is 8.24. The molecule has 3 aromatic heterocycles. The molecule has 0 fully saturated rings. The first-order chi connectivity index (χ1) is 16.2. The van der Waals surface area contributed by atoms with Crippen LogP contribution in [-0.4, -0.2) is 54.9 Å². The average Bonchev–Trinajstić information content (AvgIpc) is 3.44. The minimum atomic E-state index is -4.38. The van der Waals surface area contributed by atoms with Crippen molar-refractivity contribution >= 4 is 0 Å². The fraction of sp³-hybridized carbons (Fsp3) is 0.304. The summed E-state index contributed by atoms with van der Waals surface area (Å²) in [6.07, 6.45) is -0.819. The summed E-state index contributed by atoms with van der Waals surface area (Å²) in [5.41, 5.74) is 2.17. The van der Waals surface area contributed by atoms with Gasteiger partial charge in [-0.15, -0.1) is 5.10 Å². The number of hydrogen-bond acceptors (Lipinski definition) is 6. The van der Waals surface area contributed by atoms with Crippen LogP contribution in [0.15, 0.2) is 48.9 Å². The molecule has 34 heavy (non-hydrogen) atoms. The predicted molar refractivity (Wildman–Crippen MR) is 118 cm³/mol. The third-order valence-corrected chi connectivity index (χ3v) is 5.86. The summed E-state index contributed by atoms with van der Waals surface area (Å²) in [6, 6.07) is 8.54. The highest BCUT2D eigenvalue weighted by atomic mass is 19.4. The molecule has 0 N–H and O–H groups in total. The Labute approximate surface area is 193 Å². The molecule has 4 aromatic rings. The van der Waals surface area contributed by atoms with Crippen molar-refractivity contribution in [2.45, 2.75) is 25.7 Å². The Morgan fingerprint density at radius 3 is 2.44 bits per heavy atom. The van der Waals surface area contributed by atoms with E-state index < -0.39 is 11.7 Å². The number of benzene rings is 1. The molecule has 8 nitrogen and oxygen atoms in total. The van der Waals surface area contributed by atoms with Gasteiger partial charge in [-0.05, 0) is 43.8 Å². The van der Waals surface area contributed by atoms with Crippen LogP contribution in [0.2, 0.25) is 0 Å². The number of hydrogen-bond donors (Lipinski definition) is 0. The molecule has 1 aliphatic heterocycles. The van der Waals surface area contributed by atoms with E-state index in [0.29, 0.717) is 41.9 Å². The van der Waals surface area contributed by atoms with Crippen LogP contribution in [0.3, 0.4) is 0 Å². The van der Waals surface area contributed by atoms with E-state index in [9.17, 15) is 13.2 Å². The lowest BCUT2D eigenvalue weighted by Gasteiger charge is -2.32. The summed E-state index contributed by atoms with van der Waals surface area (Å²) in [7, 11) is 3.46. The van der Waals surface area contributed by atoms with Crippen molar-refractivity contribution in [1.29, 1.82) is 0 Å². The molecule has 0 aliphatic carbocycles. The minimum absolute atomic E-state index is 0.327. The SMILES string of the molecule is COc1nc(-c2nc3n(n2)CCN(C)[C@H]3c2ccc(C(F)(F)F)cc2)ccc1-n1cnc(C)c1. The predicted octanol–water partition coefficient (Wildman–Crippen LogP) is 3.90. The van der Waals surface area contributed by atoms with Crippen molar-refractivity contribution in [2.75, 3.05) is 20.7 Å². The van der Waals surface area contributed by atoms with Gasteiger partial charge >= 0.3 is 6.18 Å². The molecule has 0 spiro atoms. The van der Waals surface area contributed by atoms with Crippen molar-refractivity contribution in [3.05, 3.63) is 71.6 Å². The highest BCUT2D eigenvalue weighted by Gasteiger charge is 2.33. The summed E-state index contributed by atoms with van der Waals surface area (Å²) in [6.45, 7) is 3.19. The van der Waals surface area contributed by atoms with Gasteiger partial charge in [0.25, 0.3) is 0 Å². The molecule has 0 saturated carbocycles. The number of aromatic nitrogens is 6. The molecule has 0 unspecified atom stereocenters. The van der Waals surface area contributed by atoms with Crippen LogP contribution < -0.4 is 4.74 Å². The molecule has 176 valence electrons. The van der Waals surface area contributed by atoms with E-state index in [-0.39, 0.29) is 6.04 Å². The number of ether oxygens (including phenoxy) is 1. The maximum Gasteiger partial charge on any atom is 0.416 e. The van der Waals surface area contributed by atoms with E-state index in [2.05, 4.69) is 20.0 Å². The quantitative estimate of drug-likeness (QED) is 0.452. The Bertz CT molecular complexity index is 1330. The maximum absolute atomic E-state index is 13.0. The summed E-state index contributed by atoms with van der Waals surface area (Å²) >= 11 is 0. The first kappa shape index (κ1) is 22.1. The van der Waals surface area contributed by atoms with Crippen LogP contribution >= 0.6 is 0 Å². The summed E-state index contributed by atoms with van der Waals surface area (Å²) in [5.74, 6) is 1.48. The molecular weight excluding hydrogens is 447 g/mol. The molecule has 0 bridgehead atoms. The fourth-order valence-corrected chi connectivity index (χ4v) is 4.12. The first-order valence-corrected chi connectivity index (χ1v) is 10.6. The van der Waals surface area contributed by atoms with Gasteiger partial charge in [0.05, 0.1) is 37.3 Å². The monoisotopic (exact) mass is 469 g/mol. The van der Waals surface area contributed by atoms with Gasteiger partial charge in [0.15, 0.2) is 5.82 Å². The van der Waals surface area contributed by atoms with Gasteiger partial charge < -0.3 is 9.30 Å². The lowest BCUT2D eigenvalue weighted by molar-refractivity contribution is -0.137. The van der Waals surface area contributed by atoms with Gasteiger partial charge in [0, 0.05) is 12.7 Å². The van der Waals surface area contributed by atoms with Crippen LogP contribution in [0, 0.1) is 6.92 Å². The smallest absolute Gasteiger partial charge is 0.416 e. The van der Waals surface area contributed by atoms with Crippen molar-refractivity contribution in [3.8, 4) is 23.1 Å². The van der Waals surface area contributed by atoms with Gasteiger partial charge in [-0.2, -0.15) is 13.2 Å². The molecular formula is C23H22F3N7O. The van der Waals surface area contributed by atoms with E-state index >= 15 is 0 Å². The van der Waals surface area contributed by atoms with E-state index in [1.807, 2.05) is 36.9 Å². The molecule has 1 atom stereocenters. The van der Waals surface area contributed by atoms with Crippen LogP contribution in [0.1, 0.15) is 28.7 Å². The van der Waals surface area contributed by atoms with Crippen molar-refractivity contribution in [2.24, 2.45) is 0 Å². The molecule has 1 aromatic carbocycles. The number of pyridine rings is 1. The summed E-state index contributed by atoms with van der Waals surface area (Å²) in [5, 5.41) is 4.63. The molecule has 4 heterocycles. The Balaban J connectivity index is 1.51. The van der Waals surface area contributed by atoms with E-state index in [1.54, 1.807) is 18.1 Å². The van der Waals surface area contributed by atoms with Gasteiger partial charge in [-0.3, -0.25) is 4.90 Å². The second-order valence-corrected chi connectivity index (χ2v) is 8.17. The molecule has 0 saturated heterocycles. The van der Waals surface area contributed by atoms with Crippen molar-refractivity contribution in [3.63, 3.8) is 0 Å². The third-order valence-electron chi connectivity index (χ3n) is 5.86. The lowest BCUT2D eigenvalue weighted by Crippen LogP contribution is -2.36. The van der Waals surface area contributed by atoms with Gasteiger partial charge in [-0.1, -0.05) is 12.1 Å². The van der Waals surface area contributed by atoms with Crippen LogP contribution in [0.5, 0.6) is 5.88 Å². The number of imidazole rings is 1. The molecule has 0 amide bonds. The highest BCUT2D eigenvalue weighted by Crippen LogP contribution is 2.34. The number of rotatable bonds is 4. The number of halogens is 3. The molecule has 1 aliphatic rings. The van der Waals surface area contributed by atoms with E-state index in [4.69, 9.17) is 9.72 Å². The second-order valence-electron chi connectivity index (χ2n) is 8.17. The van der Waals surface area contributed by atoms with Crippen LogP contribution in [0.25, 0.3) is 17.2 Å². The zero-order valence-corrected chi connectivity index (χ0v) is 18.8. The van der Waals surface area contributed by atoms with Crippen molar-refractivity contribution in [1.82, 2.24) is 34.2 Å². The standard InChI is InChI=1S/C23H22F3N7O/c1-14-12-32(13-27-14)18-9-8-17(28-22(18)34-3)20-29-21-19(31(2)10-11-33(21)30-20)15-4-6-16(7-5-15)23(24,25)26/h4-9,12-13,19H,10-11H2,1-3H3/t19-/m0/s1. The number of fused-ring (bicyclic) bond motifs is 1. The molecule has 0 radical (unpaired) electrons. The first-order valence-electron chi connectivity index (χ1n) is 10.6. The summed E-state index contributed by atoms with van der Waals surface area (Å²) < 4.78 is 48.1. The molecule has 5 rings (SSSR count). The number of alkyl halides is 3.